The Hall–Kier alpha value is -1.09. The zero-order chi connectivity index (χ0) is 10.6. The van der Waals surface area contributed by atoms with Crippen LogP contribution in [0.1, 0.15) is 18.9 Å². The average molecular weight is 196 g/mol. The molecule has 0 aliphatic carbocycles. The molecule has 2 N–H and O–H groups in total. The van der Waals surface area contributed by atoms with Gasteiger partial charge in [-0.15, -0.1) is 0 Å². The Balaban J connectivity index is 2.75. The van der Waals surface area contributed by atoms with Crippen molar-refractivity contribution >= 4 is 5.69 Å². The van der Waals surface area contributed by atoms with Gasteiger partial charge in [-0.2, -0.15) is 0 Å². The summed E-state index contributed by atoms with van der Waals surface area (Å²) in [7, 11) is 1.97. The first-order valence-corrected chi connectivity index (χ1v) is 4.86. The van der Waals surface area contributed by atoms with E-state index in [2.05, 4.69) is 11.8 Å². The van der Waals surface area contributed by atoms with Gasteiger partial charge in [0, 0.05) is 17.8 Å². The maximum Gasteiger partial charge on any atom is 0.129 e. The number of nitrogen functional groups attached to an aromatic ring is 1. The Bertz CT molecular complexity index is 279. The normalized spacial score (nSPS) is 10.9. The molecule has 1 aromatic carbocycles. The van der Waals surface area contributed by atoms with Gasteiger partial charge < -0.3 is 10.6 Å². The maximum absolute atomic E-state index is 13.3. The van der Waals surface area contributed by atoms with Crippen molar-refractivity contribution in [3.05, 3.63) is 29.6 Å². The highest BCUT2D eigenvalue weighted by Gasteiger charge is 2.07. The van der Waals surface area contributed by atoms with Crippen molar-refractivity contribution in [2.24, 2.45) is 0 Å². The summed E-state index contributed by atoms with van der Waals surface area (Å²) in [4.78, 5) is 2.06. The van der Waals surface area contributed by atoms with Gasteiger partial charge in [-0.25, -0.2) is 4.39 Å². The number of nitrogens with two attached hydrogens (primary N) is 1. The molecule has 1 rings (SSSR count). The van der Waals surface area contributed by atoms with Crippen LogP contribution in [-0.2, 0) is 6.54 Å². The Morgan fingerprint density at radius 2 is 2.14 bits per heavy atom. The highest BCUT2D eigenvalue weighted by atomic mass is 19.1. The molecule has 0 atom stereocenters. The van der Waals surface area contributed by atoms with Crippen molar-refractivity contribution in [3.8, 4) is 0 Å². The minimum absolute atomic E-state index is 0.215. The van der Waals surface area contributed by atoms with Gasteiger partial charge in [0.2, 0.25) is 0 Å². The SMILES string of the molecule is CCCN(C)Cc1c(N)cccc1F. The molecule has 0 amide bonds. The van der Waals surface area contributed by atoms with E-state index in [4.69, 9.17) is 5.73 Å². The lowest BCUT2D eigenvalue weighted by Crippen LogP contribution is -2.20. The summed E-state index contributed by atoms with van der Waals surface area (Å²) in [6.07, 6.45) is 1.06. The summed E-state index contributed by atoms with van der Waals surface area (Å²) in [5.41, 5.74) is 6.83. The van der Waals surface area contributed by atoms with Gasteiger partial charge in [0.25, 0.3) is 0 Å². The summed E-state index contributed by atoms with van der Waals surface area (Å²) < 4.78 is 13.3. The Kier molecular flexibility index (Phi) is 3.89. The van der Waals surface area contributed by atoms with Gasteiger partial charge in [0.1, 0.15) is 5.82 Å². The van der Waals surface area contributed by atoms with Crippen molar-refractivity contribution in [2.45, 2.75) is 19.9 Å². The molecule has 0 saturated carbocycles. The number of hydrogen-bond acceptors (Lipinski definition) is 2. The fourth-order valence-electron chi connectivity index (χ4n) is 1.47. The van der Waals surface area contributed by atoms with Crippen LogP contribution in [0, 0.1) is 5.82 Å². The zero-order valence-electron chi connectivity index (χ0n) is 8.76. The molecule has 0 unspecified atom stereocenters. The third kappa shape index (κ3) is 2.70. The quantitative estimate of drug-likeness (QED) is 0.748. The lowest BCUT2D eigenvalue weighted by atomic mass is 10.1. The van der Waals surface area contributed by atoms with Gasteiger partial charge in [-0.05, 0) is 32.1 Å². The Labute approximate surface area is 84.5 Å². The summed E-state index contributed by atoms with van der Waals surface area (Å²) >= 11 is 0. The van der Waals surface area contributed by atoms with Crippen molar-refractivity contribution in [1.82, 2.24) is 4.90 Å². The second-order valence-electron chi connectivity index (χ2n) is 3.55. The van der Waals surface area contributed by atoms with Crippen molar-refractivity contribution < 1.29 is 4.39 Å². The molecule has 0 fully saturated rings. The van der Waals surface area contributed by atoms with Gasteiger partial charge in [-0.3, -0.25) is 0 Å². The van der Waals surface area contributed by atoms with Crippen LogP contribution in [0.3, 0.4) is 0 Å². The molecule has 2 nitrogen and oxygen atoms in total. The molecule has 0 bridgehead atoms. The molecule has 0 heterocycles. The summed E-state index contributed by atoms with van der Waals surface area (Å²) in [5, 5.41) is 0. The van der Waals surface area contributed by atoms with E-state index in [-0.39, 0.29) is 5.82 Å². The van der Waals surface area contributed by atoms with Crippen LogP contribution < -0.4 is 5.73 Å². The molecule has 1 aromatic rings. The first-order valence-electron chi connectivity index (χ1n) is 4.86. The van der Waals surface area contributed by atoms with Gasteiger partial charge >= 0.3 is 0 Å². The Morgan fingerprint density at radius 3 is 2.71 bits per heavy atom. The summed E-state index contributed by atoms with van der Waals surface area (Å²) in [5.74, 6) is -0.215. The number of anilines is 1. The van der Waals surface area contributed by atoms with Gasteiger partial charge in [0.15, 0.2) is 0 Å². The van der Waals surface area contributed by atoms with Crippen molar-refractivity contribution in [3.63, 3.8) is 0 Å². The van der Waals surface area contributed by atoms with E-state index in [0.29, 0.717) is 17.8 Å². The standard InChI is InChI=1S/C11H17FN2/c1-3-7-14(2)8-9-10(12)5-4-6-11(9)13/h4-6H,3,7-8,13H2,1-2H3. The number of hydrogen-bond donors (Lipinski definition) is 1. The smallest absolute Gasteiger partial charge is 0.129 e. The van der Waals surface area contributed by atoms with E-state index < -0.39 is 0 Å². The van der Waals surface area contributed by atoms with E-state index in [0.717, 1.165) is 13.0 Å². The first kappa shape index (κ1) is 11.0. The second kappa shape index (κ2) is 4.96. The molecule has 14 heavy (non-hydrogen) atoms. The van der Waals surface area contributed by atoms with E-state index in [1.807, 2.05) is 7.05 Å². The van der Waals surface area contributed by atoms with Crippen LogP contribution in [0.5, 0.6) is 0 Å². The molecule has 0 radical (unpaired) electrons. The topological polar surface area (TPSA) is 29.3 Å². The lowest BCUT2D eigenvalue weighted by molar-refractivity contribution is 0.322. The zero-order valence-corrected chi connectivity index (χ0v) is 8.76. The summed E-state index contributed by atoms with van der Waals surface area (Å²) in [6, 6.07) is 4.82. The van der Waals surface area contributed by atoms with Gasteiger partial charge in [-0.1, -0.05) is 13.0 Å². The van der Waals surface area contributed by atoms with E-state index in [1.54, 1.807) is 12.1 Å². The largest absolute Gasteiger partial charge is 0.398 e. The number of nitrogens with zero attached hydrogens (tertiary/aromatic N) is 1. The molecule has 0 saturated heterocycles. The molecular formula is C11H17FN2. The number of halogens is 1. The predicted octanol–water partition coefficient (Wildman–Crippen LogP) is 2.25. The van der Waals surface area contributed by atoms with Crippen molar-refractivity contribution in [1.29, 1.82) is 0 Å². The average Bonchev–Trinajstić information content (AvgIpc) is 2.12. The van der Waals surface area contributed by atoms with Crippen LogP contribution in [0.2, 0.25) is 0 Å². The maximum atomic E-state index is 13.3. The fraction of sp³-hybridized carbons (Fsp3) is 0.455. The highest BCUT2D eigenvalue weighted by molar-refractivity contribution is 5.47. The second-order valence-corrected chi connectivity index (χ2v) is 3.55. The molecule has 3 heteroatoms. The predicted molar refractivity (Wildman–Crippen MR) is 57.4 cm³/mol. The minimum atomic E-state index is -0.215. The van der Waals surface area contributed by atoms with Crippen LogP contribution in [0.4, 0.5) is 10.1 Å². The molecule has 0 aliphatic heterocycles. The molecule has 0 spiro atoms. The molecule has 78 valence electrons. The first-order chi connectivity index (χ1) is 6.65. The van der Waals surface area contributed by atoms with E-state index >= 15 is 0 Å². The monoisotopic (exact) mass is 196 g/mol. The third-order valence-corrected chi connectivity index (χ3v) is 2.19. The number of rotatable bonds is 4. The van der Waals surface area contributed by atoms with E-state index in [1.165, 1.54) is 6.07 Å². The van der Waals surface area contributed by atoms with E-state index in [9.17, 15) is 4.39 Å². The van der Waals surface area contributed by atoms with Crippen LogP contribution in [0.15, 0.2) is 18.2 Å². The molecule has 0 aromatic heterocycles. The van der Waals surface area contributed by atoms with Gasteiger partial charge in [0.05, 0.1) is 0 Å². The van der Waals surface area contributed by atoms with Crippen LogP contribution in [-0.4, -0.2) is 18.5 Å². The third-order valence-electron chi connectivity index (χ3n) is 2.19. The lowest BCUT2D eigenvalue weighted by Gasteiger charge is -2.17. The Morgan fingerprint density at radius 1 is 1.43 bits per heavy atom. The summed E-state index contributed by atoms with van der Waals surface area (Å²) in [6.45, 7) is 3.63. The number of benzene rings is 1. The minimum Gasteiger partial charge on any atom is -0.398 e. The fourth-order valence-corrected chi connectivity index (χ4v) is 1.47. The highest BCUT2D eigenvalue weighted by Crippen LogP contribution is 2.17. The van der Waals surface area contributed by atoms with Crippen molar-refractivity contribution in [2.75, 3.05) is 19.3 Å². The van der Waals surface area contributed by atoms with Crippen LogP contribution >= 0.6 is 0 Å². The van der Waals surface area contributed by atoms with Crippen LogP contribution in [0.25, 0.3) is 0 Å². The molecular weight excluding hydrogens is 179 g/mol. The molecule has 0 aliphatic rings.